The second kappa shape index (κ2) is 6.24. The van der Waals surface area contributed by atoms with E-state index in [-0.39, 0.29) is 11.8 Å². The molecule has 1 fully saturated rings. The fourth-order valence-electron chi connectivity index (χ4n) is 2.75. The Morgan fingerprint density at radius 2 is 2.00 bits per heavy atom. The minimum absolute atomic E-state index is 0.156. The van der Waals surface area contributed by atoms with Crippen molar-refractivity contribution in [2.45, 2.75) is 52.1 Å². The van der Waals surface area contributed by atoms with Crippen molar-refractivity contribution in [2.24, 2.45) is 0 Å². The van der Waals surface area contributed by atoms with Crippen LogP contribution in [0, 0.1) is 12.7 Å². The molecule has 1 saturated heterocycles. The van der Waals surface area contributed by atoms with Crippen LogP contribution in [0.4, 0.5) is 10.1 Å². The van der Waals surface area contributed by atoms with E-state index in [1.165, 1.54) is 17.0 Å². The summed E-state index contributed by atoms with van der Waals surface area (Å²) in [6, 6.07) is 3.22. The van der Waals surface area contributed by atoms with Gasteiger partial charge in [0.2, 0.25) is 11.8 Å². The van der Waals surface area contributed by atoms with Gasteiger partial charge in [0.25, 0.3) is 0 Å². The Labute approximate surface area is 124 Å². The van der Waals surface area contributed by atoms with E-state index in [2.05, 4.69) is 5.32 Å². The fourth-order valence-corrected chi connectivity index (χ4v) is 2.75. The molecular formula is C16H21FN2O2. The van der Waals surface area contributed by atoms with Gasteiger partial charge in [-0.1, -0.05) is 26.3 Å². The highest BCUT2D eigenvalue weighted by molar-refractivity contribution is 6.08. The predicted molar refractivity (Wildman–Crippen MR) is 79.5 cm³/mol. The van der Waals surface area contributed by atoms with Crippen molar-refractivity contribution in [2.75, 3.05) is 4.90 Å². The number of rotatable bonds is 4. The zero-order valence-corrected chi connectivity index (χ0v) is 12.6. The van der Waals surface area contributed by atoms with Gasteiger partial charge in [-0.3, -0.25) is 14.5 Å². The number of amides is 2. The number of halogens is 1. The molecule has 1 N–H and O–H groups in total. The second-order valence-corrected chi connectivity index (χ2v) is 5.41. The van der Waals surface area contributed by atoms with E-state index in [4.69, 9.17) is 0 Å². The number of aryl methyl sites for hydroxylation is 1. The highest BCUT2D eigenvalue weighted by Gasteiger charge is 2.40. The Kier molecular flexibility index (Phi) is 4.60. The molecule has 2 atom stereocenters. The molecule has 21 heavy (non-hydrogen) atoms. The van der Waals surface area contributed by atoms with Crippen molar-refractivity contribution in [3.05, 3.63) is 29.6 Å². The van der Waals surface area contributed by atoms with Crippen LogP contribution in [0.1, 0.15) is 38.7 Å². The van der Waals surface area contributed by atoms with Crippen molar-refractivity contribution in [1.29, 1.82) is 0 Å². The SMILES string of the molecule is CCCC1NC(=O)C(CC)N(c2cc(F)ccc2C)C1=O. The molecule has 2 rings (SSSR count). The highest BCUT2D eigenvalue weighted by atomic mass is 19.1. The van der Waals surface area contributed by atoms with Crippen molar-refractivity contribution in [1.82, 2.24) is 5.32 Å². The Bertz CT molecular complexity index is 559. The minimum atomic E-state index is -0.578. The molecule has 0 radical (unpaired) electrons. The van der Waals surface area contributed by atoms with Crippen molar-refractivity contribution in [3.63, 3.8) is 0 Å². The van der Waals surface area contributed by atoms with Gasteiger partial charge in [-0.05, 0) is 37.5 Å². The maximum absolute atomic E-state index is 13.6. The summed E-state index contributed by atoms with van der Waals surface area (Å²) >= 11 is 0. The van der Waals surface area contributed by atoms with Gasteiger partial charge < -0.3 is 5.32 Å². The van der Waals surface area contributed by atoms with Gasteiger partial charge in [-0.15, -0.1) is 0 Å². The summed E-state index contributed by atoms with van der Waals surface area (Å²) in [5.74, 6) is -0.729. The van der Waals surface area contributed by atoms with Crippen LogP contribution in [0.25, 0.3) is 0 Å². The molecule has 114 valence electrons. The maximum atomic E-state index is 13.6. The standard InChI is InChI=1S/C16H21FN2O2/c1-4-6-12-16(21)19(13(5-2)15(20)18-12)14-9-11(17)8-7-10(14)3/h7-9,12-13H,4-6H2,1-3H3,(H,18,20). The third-order valence-electron chi connectivity index (χ3n) is 3.86. The number of hydrogen-bond acceptors (Lipinski definition) is 2. The summed E-state index contributed by atoms with van der Waals surface area (Å²) < 4.78 is 13.6. The average molecular weight is 292 g/mol. The van der Waals surface area contributed by atoms with Gasteiger partial charge in [-0.25, -0.2) is 4.39 Å². The first kappa shape index (κ1) is 15.5. The molecule has 1 aliphatic rings. The molecule has 1 heterocycles. The number of nitrogens with zero attached hydrogens (tertiary/aromatic N) is 1. The summed E-state index contributed by atoms with van der Waals surface area (Å²) in [5.41, 5.74) is 1.27. The van der Waals surface area contributed by atoms with Gasteiger partial charge in [0.15, 0.2) is 0 Å². The number of carbonyl (C=O) groups is 2. The molecule has 5 heteroatoms. The monoisotopic (exact) mass is 292 g/mol. The van der Waals surface area contributed by atoms with Gasteiger partial charge in [0, 0.05) is 0 Å². The summed E-state index contributed by atoms with van der Waals surface area (Å²) in [7, 11) is 0. The first-order chi connectivity index (χ1) is 9.99. The lowest BCUT2D eigenvalue weighted by Crippen LogP contribution is -2.63. The lowest BCUT2D eigenvalue weighted by Gasteiger charge is -2.39. The number of nitrogens with one attached hydrogen (secondary N) is 1. The quantitative estimate of drug-likeness (QED) is 0.927. The Morgan fingerprint density at radius 3 is 2.62 bits per heavy atom. The van der Waals surface area contributed by atoms with Crippen LogP contribution in [-0.2, 0) is 9.59 Å². The number of benzene rings is 1. The van der Waals surface area contributed by atoms with Crippen LogP contribution < -0.4 is 10.2 Å². The minimum Gasteiger partial charge on any atom is -0.342 e. The molecule has 2 unspecified atom stereocenters. The normalized spacial score (nSPS) is 22.4. The molecule has 0 aromatic heterocycles. The molecule has 1 aromatic carbocycles. The molecule has 0 saturated carbocycles. The van der Waals surface area contributed by atoms with E-state index in [1.807, 2.05) is 20.8 Å². The topological polar surface area (TPSA) is 49.4 Å². The largest absolute Gasteiger partial charge is 0.342 e. The van der Waals surface area contributed by atoms with Crippen LogP contribution in [0.2, 0.25) is 0 Å². The lowest BCUT2D eigenvalue weighted by molar-refractivity contribution is -0.134. The third kappa shape index (κ3) is 2.91. The van der Waals surface area contributed by atoms with E-state index in [9.17, 15) is 14.0 Å². The van der Waals surface area contributed by atoms with Crippen LogP contribution in [0.5, 0.6) is 0 Å². The van der Waals surface area contributed by atoms with E-state index < -0.39 is 17.9 Å². The van der Waals surface area contributed by atoms with Gasteiger partial charge in [0.1, 0.15) is 17.9 Å². The van der Waals surface area contributed by atoms with Crippen molar-refractivity contribution >= 4 is 17.5 Å². The zero-order chi connectivity index (χ0) is 15.6. The third-order valence-corrected chi connectivity index (χ3v) is 3.86. The Morgan fingerprint density at radius 1 is 1.29 bits per heavy atom. The number of piperazine rings is 1. The molecule has 2 amide bonds. The molecular weight excluding hydrogens is 271 g/mol. The summed E-state index contributed by atoms with van der Waals surface area (Å²) in [6.45, 7) is 5.62. The van der Waals surface area contributed by atoms with E-state index >= 15 is 0 Å². The first-order valence-electron chi connectivity index (χ1n) is 7.39. The van der Waals surface area contributed by atoms with Crippen molar-refractivity contribution in [3.8, 4) is 0 Å². The van der Waals surface area contributed by atoms with Crippen LogP contribution >= 0.6 is 0 Å². The smallest absolute Gasteiger partial charge is 0.250 e. The second-order valence-electron chi connectivity index (χ2n) is 5.41. The fraction of sp³-hybridized carbons (Fsp3) is 0.500. The molecule has 0 aliphatic carbocycles. The van der Waals surface area contributed by atoms with E-state index in [0.717, 1.165) is 12.0 Å². The molecule has 0 bridgehead atoms. The molecule has 4 nitrogen and oxygen atoms in total. The molecule has 1 aliphatic heterocycles. The summed E-state index contributed by atoms with van der Waals surface area (Å²) in [5, 5.41) is 2.78. The summed E-state index contributed by atoms with van der Waals surface area (Å²) in [4.78, 5) is 26.4. The Hall–Kier alpha value is -1.91. The molecule has 0 spiro atoms. The zero-order valence-electron chi connectivity index (χ0n) is 12.6. The summed E-state index contributed by atoms with van der Waals surface area (Å²) in [6.07, 6.45) is 1.88. The number of carbonyl (C=O) groups excluding carboxylic acids is 2. The Balaban J connectivity index is 2.46. The van der Waals surface area contributed by atoms with E-state index in [1.54, 1.807) is 6.07 Å². The van der Waals surface area contributed by atoms with Crippen molar-refractivity contribution < 1.29 is 14.0 Å². The van der Waals surface area contributed by atoms with Crippen LogP contribution in [0.15, 0.2) is 18.2 Å². The van der Waals surface area contributed by atoms with Gasteiger partial charge in [0.05, 0.1) is 5.69 Å². The lowest BCUT2D eigenvalue weighted by atomic mass is 9.99. The van der Waals surface area contributed by atoms with Crippen LogP contribution in [-0.4, -0.2) is 23.9 Å². The number of hydrogen-bond donors (Lipinski definition) is 1. The maximum Gasteiger partial charge on any atom is 0.250 e. The average Bonchev–Trinajstić information content (AvgIpc) is 2.45. The first-order valence-corrected chi connectivity index (χ1v) is 7.39. The van der Waals surface area contributed by atoms with Crippen LogP contribution in [0.3, 0.4) is 0 Å². The van der Waals surface area contributed by atoms with Gasteiger partial charge >= 0.3 is 0 Å². The van der Waals surface area contributed by atoms with Gasteiger partial charge in [-0.2, -0.15) is 0 Å². The molecule has 1 aromatic rings. The number of anilines is 1. The predicted octanol–water partition coefficient (Wildman–Crippen LogP) is 2.54. The highest BCUT2D eigenvalue weighted by Crippen LogP contribution is 2.28. The van der Waals surface area contributed by atoms with E-state index in [0.29, 0.717) is 18.5 Å².